The molecule has 0 unspecified atom stereocenters. The fourth-order valence-electron chi connectivity index (χ4n) is 2.27. The second-order valence-electron chi connectivity index (χ2n) is 5.00. The minimum absolute atomic E-state index is 0.140. The lowest BCUT2D eigenvalue weighted by atomic mass is 10.1. The number of aliphatic hydroxyl groups excluding tert-OH is 1. The van der Waals surface area contributed by atoms with Crippen molar-refractivity contribution in [2.45, 2.75) is 26.2 Å². The summed E-state index contributed by atoms with van der Waals surface area (Å²) in [6.07, 6.45) is 3.98. The van der Waals surface area contributed by atoms with Crippen LogP contribution < -0.4 is 5.32 Å². The van der Waals surface area contributed by atoms with Gasteiger partial charge in [0, 0.05) is 25.5 Å². The number of carbonyl (C=O) groups is 1. The number of aryl methyl sites for hydroxylation is 3. The molecule has 0 aliphatic carbocycles. The van der Waals surface area contributed by atoms with E-state index in [1.54, 1.807) is 10.9 Å². The highest BCUT2D eigenvalue weighted by atomic mass is 16.2. The maximum absolute atomic E-state index is 12.3. The molecule has 21 heavy (non-hydrogen) atoms. The lowest BCUT2D eigenvalue weighted by molar-refractivity contribution is 0.102. The number of aromatic nitrogens is 2. The molecule has 0 saturated heterocycles. The molecule has 2 aromatic rings. The average molecular weight is 287 g/mol. The number of amides is 1. The Kier molecular flexibility index (Phi) is 5.11. The highest BCUT2D eigenvalue weighted by molar-refractivity contribution is 6.04. The van der Waals surface area contributed by atoms with E-state index in [-0.39, 0.29) is 12.5 Å². The molecule has 2 N–H and O–H groups in total. The minimum Gasteiger partial charge on any atom is -0.396 e. The summed E-state index contributed by atoms with van der Waals surface area (Å²) in [5.74, 6) is -0.140. The Bertz CT molecular complexity index is 620. The summed E-state index contributed by atoms with van der Waals surface area (Å²) in [7, 11) is 1.81. The van der Waals surface area contributed by atoms with Crippen LogP contribution in [0.4, 0.5) is 5.69 Å². The number of rotatable bonds is 6. The number of hydrogen-bond donors (Lipinski definition) is 2. The second kappa shape index (κ2) is 7.04. The summed E-state index contributed by atoms with van der Waals surface area (Å²) in [5, 5.41) is 16.1. The molecule has 0 fully saturated rings. The first kappa shape index (κ1) is 15.3. The van der Waals surface area contributed by atoms with Crippen LogP contribution in [0.3, 0.4) is 0 Å². The molecule has 5 heteroatoms. The smallest absolute Gasteiger partial charge is 0.259 e. The van der Waals surface area contributed by atoms with Gasteiger partial charge < -0.3 is 10.4 Å². The third-order valence-electron chi connectivity index (χ3n) is 3.29. The fraction of sp³-hybridized carbons (Fsp3) is 0.375. The van der Waals surface area contributed by atoms with Crippen molar-refractivity contribution in [1.82, 2.24) is 9.78 Å². The van der Waals surface area contributed by atoms with Gasteiger partial charge in [0.15, 0.2) is 0 Å². The minimum atomic E-state index is -0.140. The second-order valence-corrected chi connectivity index (χ2v) is 5.00. The van der Waals surface area contributed by atoms with E-state index < -0.39 is 0 Å². The van der Waals surface area contributed by atoms with Crippen molar-refractivity contribution in [3.05, 3.63) is 47.3 Å². The predicted octanol–water partition coefficient (Wildman–Crippen LogP) is 2.16. The van der Waals surface area contributed by atoms with Gasteiger partial charge in [-0.05, 0) is 37.0 Å². The first-order valence-corrected chi connectivity index (χ1v) is 7.17. The molecular weight excluding hydrogens is 266 g/mol. The van der Waals surface area contributed by atoms with Crippen LogP contribution in [0.15, 0.2) is 30.5 Å². The summed E-state index contributed by atoms with van der Waals surface area (Å²) in [4.78, 5) is 12.3. The van der Waals surface area contributed by atoms with Gasteiger partial charge in [-0.25, -0.2) is 0 Å². The van der Waals surface area contributed by atoms with Crippen molar-refractivity contribution in [1.29, 1.82) is 0 Å². The standard InChI is InChI=1S/C16H21N3O2/c1-3-15-14(11-19(2)18-15)16(21)17-13-8-4-6-12(10-13)7-5-9-20/h4,6,8,10-11,20H,3,5,7,9H2,1-2H3,(H,17,21). The largest absolute Gasteiger partial charge is 0.396 e. The number of anilines is 1. The molecule has 0 bridgehead atoms. The number of hydrogen-bond acceptors (Lipinski definition) is 3. The zero-order valence-corrected chi connectivity index (χ0v) is 12.5. The van der Waals surface area contributed by atoms with Crippen LogP contribution in [-0.4, -0.2) is 27.4 Å². The summed E-state index contributed by atoms with van der Waals surface area (Å²) in [5.41, 5.74) is 3.28. The first-order valence-electron chi connectivity index (χ1n) is 7.17. The van der Waals surface area contributed by atoms with Gasteiger partial charge in [-0.1, -0.05) is 19.1 Å². The maximum atomic E-state index is 12.3. The van der Waals surface area contributed by atoms with E-state index in [0.717, 1.165) is 36.2 Å². The van der Waals surface area contributed by atoms with Gasteiger partial charge in [0.05, 0.1) is 11.3 Å². The molecule has 0 atom stereocenters. The topological polar surface area (TPSA) is 67.2 Å². The SMILES string of the molecule is CCc1nn(C)cc1C(=O)Nc1cccc(CCCO)c1. The van der Waals surface area contributed by atoms with Gasteiger partial charge >= 0.3 is 0 Å². The Morgan fingerprint density at radius 3 is 2.95 bits per heavy atom. The van der Waals surface area contributed by atoms with Crippen molar-refractivity contribution in [2.24, 2.45) is 7.05 Å². The zero-order valence-electron chi connectivity index (χ0n) is 12.5. The summed E-state index contributed by atoms with van der Waals surface area (Å²) >= 11 is 0. The molecule has 112 valence electrons. The van der Waals surface area contributed by atoms with E-state index in [0.29, 0.717) is 5.56 Å². The van der Waals surface area contributed by atoms with Crippen LogP contribution >= 0.6 is 0 Å². The quantitative estimate of drug-likeness (QED) is 0.855. The van der Waals surface area contributed by atoms with Crippen molar-refractivity contribution in [3.63, 3.8) is 0 Å². The lowest BCUT2D eigenvalue weighted by Crippen LogP contribution is -2.13. The molecule has 0 aliphatic heterocycles. The highest BCUT2D eigenvalue weighted by Crippen LogP contribution is 2.15. The van der Waals surface area contributed by atoms with Crippen LogP contribution in [-0.2, 0) is 19.9 Å². The van der Waals surface area contributed by atoms with Gasteiger partial charge in [-0.3, -0.25) is 9.48 Å². The molecular formula is C16H21N3O2. The lowest BCUT2D eigenvalue weighted by Gasteiger charge is -2.07. The number of nitrogens with zero attached hydrogens (tertiary/aromatic N) is 2. The zero-order chi connectivity index (χ0) is 15.2. The normalized spacial score (nSPS) is 10.6. The Labute approximate surface area is 124 Å². The average Bonchev–Trinajstić information content (AvgIpc) is 2.87. The third-order valence-corrected chi connectivity index (χ3v) is 3.29. The van der Waals surface area contributed by atoms with E-state index in [1.807, 2.05) is 38.2 Å². The summed E-state index contributed by atoms with van der Waals surface area (Å²) in [6.45, 7) is 2.15. The van der Waals surface area contributed by atoms with Gasteiger partial charge in [0.2, 0.25) is 0 Å². The molecule has 1 aromatic heterocycles. The monoisotopic (exact) mass is 287 g/mol. The number of carbonyl (C=O) groups excluding carboxylic acids is 1. The fourth-order valence-corrected chi connectivity index (χ4v) is 2.27. The van der Waals surface area contributed by atoms with Gasteiger partial charge in [-0.2, -0.15) is 5.10 Å². The van der Waals surface area contributed by atoms with E-state index in [4.69, 9.17) is 5.11 Å². The van der Waals surface area contributed by atoms with Crippen LogP contribution in [0.2, 0.25) is 0 Å². The van der Waals surface area contributed by atoms with Gasteiger partial charge in [0.1, 0.15) is 0 Å². The van der Waals surface area contributed by atoms with E-state index in [9.17, 15) is 4.79 Å². The Balaban J connectivity index is 2.11. The molecule has 0 spiro atoms. The van der Waals surface area contributed by atoms with E-state index >= 15 is 0 Å². The number of benzene rings is 1. The highest BCUT2D eigenvalue weighted by Gasteiger charge is 2.14. The van der Waals surface area contributed by atoms with E-state index in [2.05, 4.69) is 10.4 Å². The molecule has 0 radical (unpaired) electrons. The molecule has 1 aromatic carbocycles. The first-order chi connectivity index (χ1) is 10.1. The molecule has 1 amide bonds. The Hall–Kier alpha value is -2.14. The molecule has 0 saturated carbocycles. The molecule has 0 aliphatic rings. The summed E-state index contributed by atoms with van der Waals surface area (Å²) < 4.78 is 1.66. The van der Waals surface area contributed by atoms with Crippen LogP contribution in [0.25, 0.3) is 0 Å². The van der Waals surface area contributed by atoms with E-state index in [1.165, 1.54) is 0 Å². The molecule has 1 heterocycles. The van der Waals surface area contributed by atoms with Crippen LogP contribution in [0.5, 0.6) is 0 Å². The van der Waals surface area contributed by atoms with Gasteiger partial charge in [0.25, 0.3) is 5.91 Å². The molecule has 5 nitrogen and oxygen atoms in total. The van der Waals surface area contributed by atoms with Crippen LogP contribution in [0.1, 0.15) is 35.0 Å². The van der Waals surface area contributed by atoms with Crippen molar-refractivity contribution in [3.8, 4) is 0 Å². The van der Waals surface area contributed by atoms with Crippen molar-refractivity contribution in [2.75, 3.05) is 11.9 Å². The van der Waals surface area contributed by atoms with Gasteiger partial charge in [-0.15, -0.1) is 0 Å². The summed E-state index contributed by atoms with van der Waals surface area (Å²) in [6, 6.07) is 7.71. The third kappa shape index (κ3) is 3.92. The number of aliphatic hydroxyl groups is 1. The maximum Gasteiger partial charge on any atom is 0.259 e. The van der Waals surface area contributed by atoms with Crippen LogP contribution in [0, 0.1) is 0 Å². The van der Waals surface area contributed by atoms with Crippen molar-refractivity contribution >= 4 is 11.6 Å². The van der Waals surface area contributed by atoms with Crippen molar-refractivity contribution < 1.29 is 9.90 Å². The Morgan fingerprint density at radius 2 is 2.24 bits per heavy atom. The Morgan fingerprint density at radius 1 is 1.43 bits per heavy atom. The molecule has 2 rings (SSSR count). The number of nitrogens with one attached hydrogen (secondary N) is 1. The predicted molar refractivity (Wildman–Crippen MR) is 82.4 cm³/mol.